The van der Waals surface area contributed by atoms with Crippen molar-refractivity contribution in [1.82, 2.24) is 0 Å². The Bertz CT molecular complexity index is 362. The third-order valence-electron chi connectivity index (χ3n) is 2.46. The quantitative estimate of drug-likeness (QED) is 0.706. The molecule has 0 saturated carbocycles. The topological polar surface area (TPSA) is 35.5 Å². The lowest BCUT2D eigenvalue weighted by atomic mass is 10.1. The Morgan fingerprint density at radius 3 is 2.50 bits per heavy atom. The fraction of sp³-hybridized carbons (Fsp3) is 0.500. The second-order valence-corrected chi connectivity index (χ2v) is 4.39. The van der Waals surface area contributed by atoms with E-state index in [4.69, 9.17) is 21.1 Å². The predicted octanol–water partition coefficient (Wildman–Crippen LogP) is 3.84. The number of carbonyl (C=O) groups excluding carboxylic acids is 1. The molecular formula is C14H19ClO3. The van der Waals surface area contributed by atoms with E-state index in [0.29, 0.717) is 23.8 Å². The first kappa shape index (κ1) is 14.8. The molecule has 0 bridgehead atoms. The number of unbranched alkanes of at least 4 members (excludes halogenated alkanes) is 1. The molecule has 0 N–H and O–H groups in total. The highest BCUT2D eigenvalue weighted by Gasteiger charge is 2.21. The molecule has 1 aromatic rings. The average Bonchev–Trinajstić information content (AvgIpc) is 2.37. The van der Waals surface area contributed by atoms with Crippen molar-refractivity contribution in [2.45, 2.75) is 39.2 Å². The normalized spacial score (nSPS) is 11.9. The highest BCUT2D eigenvalue weighted by molar-refractivity contribution is 6.30. The molecule has 3 nitrogen and oxygen atoms in total. The minimum Gasteiger partial charge on any atom is -0.479 e. The summed E-state index contributed by atoms with van der Waals surface area (Å²) in [5, 5.41) is 0.642. The molecule has 0 aliphatic carbocycles. The number of halogens is 1. The van der Waals surface area contributed by atoms with Crippen LogP contribution in [0.2, 0.25) is 5.02 Å². The van der Waals surface area contributed by atoms with Crippen LogP contribution in [0.15, 0.2) is 24.3 Å². The number of hydrogen-bond acceptors (Lipinski definition) is 3. The summed E-state index contributed by atoms with van der Waals surface area (Å²) in [5.74, 6) is 0.328. The van der Waals surface area contributed by atoms with Crippen molar-refractivity contribution < 1.29 is 14.3 Å². The highest BCUT2D eigenvalue weighted by Crippen LogP contribution is 2.19. The number of hydrogen-bond donors (Lipinski definition) is 0. The predicted molar refractivity (Wildman–Crippen MR) is 72.0 cm³/mol. The first-order valence-corrected chi connectivity index (χ1v) is 6.64. The van der Waals surface area contributed by atoms with Gasteiger partial charge in [-0.3, -0.25) is 0 Å². The molecule has 0 heterocycles. The number of ether oxygens (including phenoxy) is 2. The zero-order chi connectivity index (χ0) is 13.4. The van der Waals surface area contributed by atoms with E-state index in [1.165, 1.54) is 0 Å². The molecule has 0 radical (unpaired) electrons. The Balaban J connectivity index is 2.64. The monoisotopic (exact) mass is 270 g/mol. The Kier molecular flexibility index (Phi) is 6.58. The van der Waals surface area contributed by atoms with Crippen LogP contribution in [0.1, 0.15) is 33.1 Å². The van der Waals surface area contributed by atoms with Gasteiger partial charge < -0.3 is 9.47 Å². The summed E-state index contributed by atoms with van der Waals surface area (Å²) in [6.45, 7) is 4.23. The molecular weight excluding hydrogens is 252 g/mol. The standard InChI is InChI=1S/C14H19ClO3/c1-3-5-6-13(14(16)17-4-2)18-12-9-7-11(15)8-10-12/h7-10,13H,3-6H2,1-2H3. The summed E-state index contributed by atoms with van der Waals surface area (Å²) >= 11 is 5.80. The van der Waals surface area contributed by atoms with E-state index in [2.05, 4.69) is 6.92 Å². The molecule has 1 aromatic carbocycles. The van der Waals surface area contributed by atoms with Crippen molar-refractivity contribution in [2.24, 2.45) is 0 Å². The van der Waals surface area contributed by atoms with E-state index < -0.39 is 6.10 Å². The van der Waals surface area contributed by atoms with Gasteiger partial charge in [0, 0.05) is 5.02 Å². The second kappa shape index (κ2) is 7.98. The van der Waals surface area contributed by atoms with Crippen LogP contribution in [-0.2, 0) is 9.53 Å². The number of benzene rings is 1. The molecule has 100 valence electrons. The van der Waals surface area contributed by atoms with Gasteiger partial charge in [0.1, 0.15) is 5.75 Å². The fourth-order valence-corrected chi connectivity index (χ4v) is 1.65. The molecule has 0 fully saturated rings. The highest BCUT2D eigenvalue weighted by atomic mass is 35.5. The van der Waals surface area contributed by atoms with Crippen LogP contribution >= 0.6 is 11.6 Å². The molecule has 0 spiro atoms. The van der Waals surface area contributed by atoms with Crippen molar-refractivity contribution in [2.75, 3.05) is 6.61 Å². The third-order valence-corrected chi connectivity index (χ3v) is 2.71. The number of carbonyl (C=O) groups is 1. The van der Waals surface area contributed by atoms with Gasteiger partial charge in [-0.25, -0.2) is 4.79 Å². The van der Waals surface area contributed by atoms with Crippen LogP contribution in [0.5, 0.6) is 5.75 Å². The van der Waals surface area contributed by atoms with Gasteiger partial charge in [-0.2, -0.15) is 0 Å². The molecule has 0 amide bonds. The molecule has 0 saturated heterocycles. The first-order chi connectivity index (χ1) is 8.67. The lowest BCUT2D eigenvalue weighted by molar-refractivity contribution is -0.151. The maximum absolute atomic E-state index is 11.7. The second-order valence-electron chi connectivity index (χ2n) is 3.95. The van der Waals surface area contributed by atoms with Crippen molar-refractivity contribution in [1.29, 1.82) is 0 Å². The van der Waals surface area contributed by atoms with Crippen LogP contribution in [0, 0.1) is 0 Å². The zero-order valence-corrected chi connectivity index (χ0v) is 11.6. The van der Waals surface area contributed by atoms with Crippen LogP contribution in [-0.4, -0.2) is 18.7 Å². The Morgan fingerprint density at radius 1 is 1.28 bits per heavy atom. The summed E-state index contributed by atoms with van der Waals surface area (Å²) in [6, 6.07) is 6.97. The molecule has 0 aromatic heterocycles. The van der Waals surface area contributed by atoms with E-state index in [9.17, 15) is 4.79 Å². The minimum atomic E-state index is -0.536. The first-order valence-electron chi connectivity index (χ1n) is 6.26. The number of rotatable bonds is 7. The van der Waals surface area contributed by atoms with E-state index in [1.54, 1.807) is 31.2 Å². The molecule has 0 aliphatic heterocycles. The summed E-state index contributed by atoms with van der Waals surface area (Å²) in [4.78, 5) is 11.7. The Hall–Kier alpha value is -1.22. The molecule has 4 heteroatoms. The van der Waals surface area contributed by atoms with Gasteiger partial charge in [0.05, 0.1) is 6.61 Å². The molecule has 1 rings (SSSR count). The fourth-order valence-electron chi connectivity index (χ4n) is 1.53. The van der Waals surface area contributed by atoms with E-state index in [-0.39, 0.29) is 5.97 Å². The Labute approximate surface area is 113 Å². The average molecular weight is 271 g/mol. The van der Waals surface area contributed by atoms with E-state index in [0.717, 1.165) is 12.8 Å². The molecule has 1 unspecified atom stereocenters. The van der Waals surface area contributed by atoms with Gasteiger partial charge in [0.15, 0.2) is 6.10 Å². The van der Waals surface area contributed by atoms with Crippen molar-refractivity contribution in [3.63, 3.8) is 0 Å². The zero-order valence-electron chi connectivity index (χ0n) is 10.8. The largest absolute Gasteiger partial charge is 0.479 e. The third kappa shape index (κ3) is 4.96. The maximum atomic E-state index is 11.7. The Morgan fingerprint density at radius 2 is 1.94 bits per heavy atom. The molecule has 1 atom stereocenters. The number of esters is 1. The van der Waals surface area contributed by atoms with Crippen LogP contribution in [0.25, 0.3) is 0 Å². The summed E-state index contributed by atoms with van der Waals surface area (Å²) in [7, 11) is 0. The smallest absolute Gasteiger partial charge is 0.347 e. The van der Waals surface area contributed by atoms with Crippen molar-refractivity contribution in [3.05, 3.63) is 29.3 Å². The van der Waals surface area contributed by atoms with Crippen LogP contribution < -0.4 is 4.74 Å². The van der Waals surface area contributed by atoms with Gasteiger partial charge in [0.2, 0.25) is 0 Å². The van der Waals surface area contributed by atoms with Gasteiger partial charge in [-0.15, -0.1) is 0 Å². The van der Waals surface area contributed by atoms with Crippen LogP contribution in [0.3, 0.4) is 0 Å². The molecule has 0 aliphatic rings. The summed E-state index contributed by atoms with van der Waals surface area (Å²) in [5.41, 5.74) is 0. The van der Waals surface area contributed by atoms with E-state index >= 15 is 0 Å². The van der Waals surface area contributed by atoms with Crippen LogP contribution in [0.4, 0.5) is 0 Å². The van der Waals surface area contributed by atoms with Crippen molar-refractivity contribution in [3.8, 4) is 5.75 Å². The summed E-state index contributed by atoms with van der Waals surface area (Å²) < 4.78 is 10.7. The van der Waals surface area contributed by atoms with Gasteiger partial charge in [-0.1, -0.05) is 24.9 Å². The van der Waals surface area contributed by atoms with Crippen molar-refractivity contribution >= 4 is 17.6 Å². The lowest BCUT2D eigenvalue weighted by Gasteiger charge is -2.17. The van der Waals surface area contributed by atoms with Gasteiger partial charge in [-0.05, 0) is 44.0 Å². The maximum Gasteiger partial charge on any atom is 0.347 e. The summed E-state index contributed by atoms with van der Waals surface area (Å²) in [6.07, 6.45) is 2.07. The SMILES string of the molecule is CCCCC(Oc1ccc(Cl)cc1)C(=O)OCC. The lowest BCUT2D eigenvalue weighted by Crippen LogP contribution is -2.29. The van der Waals surface area contributed by atoms with Gasteiger partial charge >= 0.3 is 5.97 Å². The van der Waals surface area contributed by atoms with E-state index in [1.807, 2.05) is 0 Å². The molecule has 18 heavy (non-hydrogen) atoms. The van der Waals surface area contributed by atoms with Gasteiger partial charge in [0.25, 0.3) is 0 Å². The minimum absolute atomic E-state index is 0.305.